The molecule has 1 aliphatic heterocycles. The molecule has 1 aliphatic rings. The summed E-state index contributed by atoms with van der Waals surface area (Å²) < 4.78 is 26.3. The molecule has 0 bridgehead atoms. The summed E-state index contributed by atoms with van der Waals surface area (Å²) in [4.78, 5) is 3.89. The van der Waals surface area contributed by atoms with E-state index in [1.807, 2.05) is 6.07 Å². The number of pyridine rings is 1. The first-order chi connectivity index (χ1) is 9.05. The molecule has 2 N–H and O–H groups in total. The van der Waals surface area contributed by atoms with Crippen molar-refractivity contribution < 1.29 is 8.42 Å². The van der Waals surface area contributed by atoms with E-state index in [4.69, 9.17) is 11.0 Å². The van der Waals surface area contributed by atoms with Crippen LogP contribution in [0.5, 0.6) is 0 Å². The molecule has 0 aromatic carbocycles. The Bertz CT molecular complexity index is 577. The van der Waals surface area contributed by atoms with Gasteiger partial charge in [0.05, 0.1) is 6.17 Å². The lowest BCUT2D eigenvalue weighted by Crippen LogP contribution is -2.45. The topological polar surface area (TPSA) is 100 Å². The minimum atomic E-state index is -3.62. The summed E-state index contributed by atoms with van der Waals surface area (Å²) in [6.07, 6.45) is 4.15. The molecule has 2 heterocycles. The fourth-order valence-corrected chi connectivity index (χ4v) is 3.67. The van der Waals surface area contributed by atoms with E-state index in [2.05, 4.69) is 4.98 Å². The number of rotatable bonds is 2. The van der Waals surface area contributed by atoms with E-state index in [9.17, 15) is 8.42 Å². The summed E-state index contributed by atoms with van der Waals surface area (Å²) in [5.74, 6) is 0. The second kappa shape index (κ2) is 5.65. The molecule has 102 valence electrons. The van der Waals surface area contributed by atoms with Crippen LogP contribution in [0, 0.1) is 11.3 Å². The molecule has 2 rings (SSSR count). The summed E-state index contributed by atoms with van der Waals surface area (Å²) in [7, 11) is -3.62. The number of nitrogens with two attached hydrogens (primary N) is 1. The molecule has 1 aromatic rings. The maximum Gasteiger partial charge on any atom is 0.245 e. The molecular weight excluding hydrogens is 264 g/mol. The Morgan fingerprint density at radius 1 is 1.37 bits per heavy atom. The standard InChI is InChI=1S/C12H16N4O2S/c13-8-10-5-6-11(9-15-10)19(17,18)16-7-3-1-2-4-12(16)14/h5-6,9,12H,1-4,7,14H2. The zero-order chi connectivity index (χ0) is 13.9. The van der Waals surface area contributed by atoms with Crippen molar-refractivity contribution in [1.82, 2.24) is 9.29 Å². The van der Waals surface area contributed by atoms with Crippen LogP contribution < -0.4 is 5.73 Å². The minimum absolute atomic E-state index is 0.0869. The van der Waals surface area contributed by atoms with Crippen molar-refractivity contribution in [3.8, 4) is 6.07 Å². The van der Waals surface area contributed by atoms with Gasteiger partial charge in [-0.2, -0.15) is 9.57 Å². The second-order valence-corrected chi connectivity index (χ2v) is 6.41. The van der Waals surface area contributed by atoms with Crippen LogP contribution in [0.2, 0.25) is 0 Å². The second-order valence-electron chi connectivity index (χ2n) is 4.52. The fraction of sp³-hybridized carbons (Fsp3) is 0.500. The van der Waals surface area contributed by atoms with Crippen LogP contribution >= 0.6 is 0 Å². The molecule has 1 aromatic heterocycles. The largest absolute Gasteiger partial charge is 0.315 e. The Hall–Kier alpha value is -1.49. The average molecular weight is 280 g/mol. The highest BCUT2D eigenvalue weighted by molar-refractivity contribution is 7.89. The van der Waals surface area contributed by atoms with Gasteiger partial charge in [0, 0.05) is 12.7 Å². The van der Waals surface area contributed by atoms with Crippen molar-refractivity contribution >= 4 is 10.0 Å². The van der Waals surface area contributed by atoms with Gasteiger partial charge in [-0.05, 0) is 25.0 Å². The van der Waals surface area contributed by atoms with Gasteiger partial charge in [-0.15, -0.1) is 0 Å². The van der Waals surface area contributed by atoms with E-state index < -0.39 is 16.2 Å². The van der Waals surface area contributed by atoms with Gasteiger partial charge in [-0.1, -0.05) is 12.8 Å². The van der Waals surface area contributed by atoms with Gasteiger partial charge in [-0.25, -0.2) is 13.4 Å². The summed E-state index contributed by atoms with van der Waals surface area (Å²) in [6.45, 7) is 0.434. The molecule has 7 heteroatoms. The van der Waals surface area contributed by atoms with Crippen molar-refractivity contribution in [1.29, 1.82) is 5.26 Å². The normalized spacial score (nSPS) is 21.6. The molecule has 0 radical (unpaired) electrons. The Morgan fingerprint density at radius 2 is 2.16 bits per heavy atom. The molecule has 1 unspecified atom stereocenters. The third-order valence-corrected chi connectivity index (χ3v) is 5.11. The first kappa shape index (κ1) is 13.9. The average Bonchev–Trinajstić information content (AvgIpc) is 2.64. The highest BCUT2D eigenvalue weighted by Gasteiger charge is 2.30. The molecule has 0 spiro atoms. The monoisotopic (exact) mass is 280 g/mol. The Morgan fingerprint density at radius 3 is 2.79 bits per heavy atom. The zero-order valence-corrected chi connectivity index (χ0v) is 11.3. The van der Waals surface area contributed by atoms with Crippen molar-refractivity contribution in [2.24, 2.45) is 5.73 Å². The van der Waals surface area contributed by atoms with E-state index in [1.54, 1.807) is 0 Å². The van der Waals surface area contributed by atoms with E-state index in [-0.39, 0.29) is 10.6 Å². The maximum absolute atomic E-state index is 12.5. The van der Waals surface area contributed by atoms with Crippen LogP contribution in [0.1, 0.15) is 31.4 Å². The smallest absolute Gasteiger partial charge is 0.245 e. The number of nitriles is 1. The van der Waals surface area contributed by atoms with Gasteiger partial charge >= 0.3 is 0 Å². The van der Waals surface area contributed by atoms with Crippen molar-refractivity contribution in [2.75, 3.05) is 6.54 Å². The van der Waals surface area contributed by atoms with E-state index in [1.165, 1.54) is 22.6 Å². The van der Waals surface area contributed by atoms with E-state index in [0.717, 1.165) is 19.3 Å². The van der Waals surface area contributed by atoms with Crippen LogP contribution in [0.3, 0.4) is 0 Å². The van der Waals surface area contributed by atoms with Crippen LogP contribution in [0.15, 0.2) is 23.2 Å². The lowest BCUT2D eigenvalue weighted by atomic mass is 10.2. The van der Waals surface area contributed by atoms with Crippen LogP contribution in [-0.2, 0) is 10.0 Å². The number of hydrogen-bond donors (Lipinski definition) is 1. The first-order valence-corrected chi connectivity index (χ1v) is 7.63. The molecule has 1 atom stereocenters. The van der Waals surface area contributed by atoms with Gasteiger partial charge in [0.25, 0.3) is 0 Å². The molecule has 1 fully saturated rings. The van der Waals surface area contributed by atoms with Crippen LogP contribution in [-0.4, -0.2) is 30.4 Å². The zero-order valence-electron chi connectivity index (χ0n) is 10.5. The third kappa shape index (κ3) is 2.92. The molecule has 1 saturated heterocycles. The van der Waals surface area contributed by atoms with Crippen LogP contribution in [0.25, 0.3) is 0 Å². The van der Waals surface area contributed by atoms with Gasteiger partial charge in [-0.3, -0.25) is 0 Å². The van der Waals surface area contributed by atoms with Gasteiger partial charge < -0.3 is 5.73 Å². The molecule has 19 heavy (non-hydrogen) atoms. The minimum Gasteiger partial charge on any atom is -0.315 e. The van der Waals surface area contributed by atoms with Gasteiger partial charge in [0.2, 0.25) is 10.0 Å². The molecule has 0 saturated carbocycles. The molecule has 0 aliphatic carbocycles. The molecule has 0 amide bonds. The molecule has 6 nitrogen and oxygen atoms in total. The van der Waals surface area contributed by atoms with E-state index in [0.29, 0.717) is 13.0 Å². The Balaban J connectivity index is 2.32. The summed E-state index contributed by atoms with van der Waals surface area (Å²) in [5.41, 5.74) is 6.13. The van der Waals surface area contributed by atoms with E-state index >= 15 is 0 Å². The lowest BCUT2D eigenvalue weighted by Gasteiger charge is -2.25. The first-order valence-electron chi connectivity index (χ1n) is 6.19. The van der Waals surface area contributed by atoms with Gasteiger partial charge in [0.15, 0.2) is 0 Å². The maximum atomic E-state index is 12.5. The van der Waals surface area contributed by atoms with Crippen molar-refractivity contribution in [2.45, 2.75) is 36.7 Å². The number of hydrogen-bond acceptors (Lipinski definition) is 5. The SMILES string of the molecule is N#Cc1ccc(S(=O)(=O)N2CCCCCC2N)cn1. The Kier molecular flexibility index (Phi) is 4.14. The predicted octanol–water partition coefficient (Wildman–Crippen LogP) is 0.803. The van der Waals surface area contributed by atoms with Gasteiger partial charge in [0.1, 0.15) is 16.7 Å². The van der Waals surface area contributed by atoms with Crippen molar-refractivity contribution in [3.05, 3.63) is 24.0 Å². The lowest BCUT2D eigenvalue weighted by molar-refractivity contribution is 0.329. The van der Waals surface area contributed by atoms with Crippen molar-refractivity contribution in [3.63, 3.8) is 0 Å². The Labute approximate surface area is 112 Å². The highest BCUT2D eigenvalue weighted by atomic mass is 32.2. The number of sulfonamides is 1. The summed E-state index contributed by atoms with van der Waals surface area (Å²) >= 11 is 0. The summed E-state index contributed by atoms with van der Waals surface area (Å²) in [5, 5.41) is 8.67. The third-order valence-electron chi connectivity index (χ3n) is 3.21. The number of nitrogens with zero attached hydrogens (tertiary/aromatic N) is 3. The summed E-state index contributed by atoms with van der Waals surface area (Å²) in [6, 6.07) is 4.66. The molecular formula is C12H16N4O2S. The quantitative estimate of drug-likeness (QED) is 0.863. The predicted molar refractivity (Wildman–Crippen MR) is 69.3 cm³/mol. The van der Waals surface area contributed by atoms with Crippen LogP contribution in [0.4, 0.5) is 0 Å². The number of aromatic nitrogens is 1. The fourth-order valence-electron chi connectivity index (χ4n) is 2.14. The highest BCUT2D eigenvalue weighted by Crippen LogP contribution is 2.22.